The summed E-state index contributed by atoms with van der Waals surface area (Å²) in [6.07, 6.45) is 5.02. The van der Waals surface area contributed by atoms with Crippen molar-refractivity contribution in [2.24, 2.45) is 0 Å². The van der Waals surface area contributed by atoms with Gasteiger partial charge < -0.3 is 9.88 Å². The van der Waals surface area contributed by atoms with Gasteiger partial charge in [-0.25, -0.2) is 22.5 Å². The molecule has 8 heteroatoms. The van der Waals surface area contributed by atoms with Gasteiger partial charge in [0.15, 0.2) is 23.3 Å². The second kappa shape index (κ2) is 6.99. The van der Waals surface area contributed by atoms with Crippen LogP contribution in [0.3, 0.4) is 0 Å². The van der Waals surface area contributed by atoms with Gasteiger partial charge >= 0.3 is 0 Å². The SMILES string of the molecule is C[C@H](NC(=O)c1cc(F)c(F)c(F)c1F)c1ccc(-n2ccnc2)cc1. The van der Waals surface area contributed by atoms with Crippen LogP contribution in [0.2, 0.25) is 0 Å². The lowest BCUT2D eigenvalue weighted by molar-refractivity contribution is 0.0933. The molecule has 0 saturated carbocycles. The second-order valence-electron chi connectivity index (χ2n) is 5.60. The second-order valence-corrected chi connectivity index (χ2v) is 5.60. The van der Waals surface area contributed by atoms with E-state index in [1.807, 2.05) is 0 Å². The first-order valence-corrected chi connectivity index (χ1v) is 7.60. The van der Waals surface area contributed by atoms with E-state index in [2.05, 4.69) is 10.3 Å². The molecule has 3 rings (SSSR count). The van der Waals surface area contributed by atoms with Crippen molar-refractivity contribution in [1.82, 2.24) is 14.9 Å². The molecule has 0 aliphatic carbocycles. The number of benzene rings is 2. The first kappa shape index (κ1) is 17.7. The van der Waals surface area contributed by atoms with Crippen LogP contribution in [0.5, 0.6) is 0 Å². The Hall–Kier alpha value is -3.16. The normalized spacial score (nSPS) is 12.0. The van der Waals surface area contributed by atoms with Crippen LogP contribution in [0.15, 0.2) is 49.1 Å². The average molecular weight is 363 g/mol. The van der Waals surface area contributed by atoms with E-state index in [4.69, 9.17) is 0 Å². The largest absolute Gasteiger partial charge is 0.345 e. The summed E-state index contributed by atoms with van der Waals surface area (Å²) in [5, 5.41) is 2.43. The monoisotopic (exact) mass is 363 g/mol. The highest BCUT2D eigenvalue weighted by Crippen LogP contribution is 2.21. The zero-order chi connectivity index (χ0) is 18.8. The van der Waals surface area contributed by atoms with E-state index in [0.717, 1.165) is 5.69 Å². The van der Waals surface area contributed by atoms with Crippen molar-refractivity contribution in [3.05, 3.63) is 83.4 Å². The maximum atomic E-state index is 13.7. The molecular formula is C18H13F4N3O. The molecule has 1 amide bonds. The average Bonchev–Trinajstić information content (AvgIpc) is 3.17. The van der Waals surface area contributed by atoms with Crippen LogP contribution < -0.4 is 5.32 Å². The molecule has 3 aromatic rings. The molecule has 1 aromatic heterocycles. The van der Waals surface area contributed by atoms with E-state index in [1.165, 1.54) is 0 Å². The Kier molecular flexibility index (Phi) is 4.75. The third kappa shape index (κ3) is 3.30. The maximum absolute atomic E-state index is 13.7. The number of rotatable bonds is 4. The number of hydrogen-bond donors (Lipinski definition) is 1. The fourth-order valence-electron chi connectivity index (χ4n) is 2.44. The molecule has 4 nitrogen and oxygen atoms in total. The minimum Gasteiger partial charge on any atom is -0.345 e. The number of imidazole rings is 1. The first-order chi connectivity index (χ1) is 12.4. The molecule has 0 aliphatic rings. The summed E-state index contributed by atoms with van der Waals surface area (Å²) in [6, 6.07) is 6.81. The number of nitrogens with zero attached hydrogens (tertiary/aromatic N) is 2. The van der Waals surface area contributed by atoms with Crippen LogP contribution >= 0.6 is 0 Å². The summed E-state index contributed by atoms with van der Waals surface area (Å²) in [6.45, 7) is 1.62. The minimum atomic E-state index is -2.02. The maximum Gasteiger partial charge on any atom is 0.254 e. The van der Waals surface area contributed by atoms with Gasteiger partial charge in [-0.15, -0.1) is 0 Å². The molecule has 0 radical (unpaired) electrons. The predicted molar refractivity (Wildman–Crippen MR) is 85.7 cm³/mol. The van der Waals surface area contributed by atoms with E-state index in [0.29, 0.717) is 11.6 Å². The van der Waals surface area contributed by atoms with Crippen LogP contribution in [0.4, 0.5) is 17.6 Å². The predicted octanol–water partition coefficient (Wildman–Crippen LogP) is 3.92. The van der Waals surface area contributed by atoms with Gasteiger partial charge in [0.25, 0.3) is 5.91 Å². The van der Waals surface area contributed by atoms with Crippen LogP contribution in [0, 0.1) is 23.3 Å². The van der Waals surface area contributed by atoms with Gasteiger partial charge in [0.2, 0.25) is 0 Å². The number of halogens is 4. The number of carbonyl (C=O) groups excluding carboxylic acids is 1. The zero-order valence-corrected chi connectivity index (χ0v) is 13.5. The number of carbonyl (C=O) groups is 1. The van der Waals surface area contributed by atoms with Crippen LogP contribution in [0.1, 0.15) is 28.9 Å². The van der Waals surface area contributed by atoms with Crippen molar-refractivity contribution in [2.75, 3.05) is 0 Å². The van der Waals surface area contributed by atoms with Crippen molar-refractivity contribution in [2.45, 2.75) is 13.0 Å². The molecule has 1 heterocycles. The van der Waals surface area contributed by atoms with Crippen molar-refractivity contribution < 1.29 is 22.4 Å². The topological polar surface area (TPSA) is 46.9 Å². The highest BCUT2D eigenvalue weighted by atomic mass is 19.2. The number of amides is 1. The van der Waals surface area contributed by atoms with E-state index in [1.54, 1.807) is 54.5 Å². The third-order valence-electron chi connectivity index (χ3n) is 3.89. The minimum absolute atomic E-state index is 0.331. The molecule has 0 bridgehead atoms. The first-order valence-electron chi connectivity index (χ1n) is 7.60. The molecule has 2 aromatic carbocycles. The summed E-state index contributed by atoms with van der Waals surface area (Å²) in [4.78, 5) is 16.0. The summed E-state index contributed by atoms with van der Waals surface area (Å²) in [7, 11) is 0. The molecule has 0 saturated heterocycles. The van der Waals surface area contributed by atoms with Gasteiger partial charge in [0.1, 0.15) is 0 Å². The smallest absolute Gasteiger partial charge is 0.254 e. The Balaban J connectivity index is 1.78. The van der Waals surface area contributed by atoms with Crippen molar-refractivity contribution in [3.63, 3.8) is 0 Å². The summed E-state index contributed by atoms with van der Waals surface area (Å²) in [5.41, 5.74) is 0.632. The van der Waals surface area contributed by atoms with Crippen molar-refractivity contribution in [3.8, 4) is 5.69 Å². The molecule has 26 heavy (non-hydrogen) atoms. The molecule has 0 fully saturated rings. The fourth-order valence-corrected chi connectivity index (χ4v) is 2.44. The number of hydrogen-bond acceptors (Lipinski definition) is 2. The van der Waals surface area contributed by atoms with E-state index in [9.17, 15) is 22.4 Å². The van der Waals surface area contributed by atoms with E-state index >= 15 is 0 Å². The summed E-state index contributed by atoms with van der Waals surface area (Å²) < 4.78 is 55.0. The summed E-state index contributed by atoms with van der Waals surface area (Å²) in [5.74, 6) is -8.39. The fraction of sp³-hybridized carbons (Fsp3) is 0.111. The van der Waals surface area contributed by atoms with E-state index < -0.39 is 40.8 Å². The molecular weight excluding hydrogens is 350 g/mol. The van der Waals surface area contributed by atoms with E-state index in [-0.39, 0.29) is 0 Å². The van der Waals surface area contributed by atoms with Gasteiger partial charge in [0.05, 0.1) is 17.9 Å². The van der Waals surface area contributed by atoms with Gasteiger partial charge in [-0.2, -0.15) is 0 Å². The molecule has 0 aliphatic heterocycles. The Morgan fingerprint density at radius 1 is 1.08 bits per heavy atom. The molecule has 1 N–H and O–H groups in total. The lowest BCUT2D eigenvalue weighted by Gasteiger charge is -2.15. The van der Waals surface area contributed by atoms with Gasteiger partial charge in [-0.1, -0.05) is 12.1 Å². The Bertz CT molecular complexity index is 940. The van der Waals surface area contributed by atoms with Gasteiger partial charge in [-0.3, -0.25) is 4.79 Å². The number of nitrogens with one attached hydrogen (secondary N) is 1. The Morgan fingerprint density at radius 2 is 1.77 bits per heavy atom. The van der Waals surface area contributed by atoms with Crippen LogP contribution in [-0.2, 0) is 0 Å². The Morgan fingerprint density at radius 3 is 2.38 bits per heavy atom. The molecule has 1 atom stereocenters. The summed E-state index contributed by atoms with van der Waals surface area (Å²) >= 11 is 0. The standard InChI is InChI=1S/C18H13F4N3O/c1-10(11-2-4-12(5-3-11)25-7-6-23-9-25)24-18(26)13-8-14(19)16(21)17(22)15(13)20/h2-10H,1H3,(H,24,26)/t10-/m0/s1. The van der Waals surface area contributed by atoms with Gasteiger partial charge in [0, 0.05) is 18.1 Å². The zero-order valence-electron chi connectivity index (χ0n) is 13.5. The lowest BCUT2D eigenvalue weighted by atomic mass is 10.1. The quantitative estimate of drug-likeness (QED) is 0.434. The number of aromatic nitrogens is 2. The van der Waals surface area contributed by atoms with Crippen LogP contribution in [0.25, 0.3) is 5.69 Å². The molecule has 0 spiro atoms. The third-order valence-corrected chi connectivity index (χ3v) is 3.89. The van der Waals surface area contributed by atoms with Crippen LogP contribution in [-0.4, -0.2) is 15.5 Å². The molecule has 0 unspecified atom stereocenters. The highest BCUT2D eigenvalue weighted by molar-refractivity contribution is 5.94. The lowest BCUT2D eigenvalue weighted by Crippen LogP contribution is -2.28. The highest BCUT2D eigenvalue weighted by Gasteiger charge is 2.24. The molecule has 134 valence electrons. The Labute approximate surface area is 146 Å². The van der Waals surface area contributed by atoms with Gasteiger partial charge in [-0.05, 0) is 30.7 Å². The van der Waals surface area contributed by atoms with Crippen molar-refractivity contribution in [1.29, 1.82) is 0 Å². The van der Waals surface area contributed by atoms with Crippen molar-refractivity contribution >= 4 is 5.91 Å².